The van der Waals surface area contributed by atoms with Crippen LogP contribution in [0.4, 0.5) is 11.4 Å². The van der Waals surface area contributed by atoms with E-state index in [9.17, 15) is 10.1 Å². The molecule has 0 aliphatic heterocycles. The van der Waals surface area contributed by atoms with Crippen molar-refractivity contribution in [1.29, 1.82) is 0 Å². The van der Waals surface area contributed by atoms with Crippen molar-refractivity contribution in [3.63, 3.8) is 0 Å². The van der Waals surface area contributed by atoms with Crippen LogP contribution in [0.25, 0.3) is 10.9 Å². The number of aromatic nitrogens is 1. The van der Waals surface area contributed by atoms with Crippen molar-refractivity contribution in [3.8, 4) is 0 Å². The first-order chi connectivity index (χ1) is 9.74. The van der Waals surface area contributed by atoms with Crippen LogP contribution in [0.1, 0.15) is 13.3 Å². The van der Waals surface area contributed by atoms with E-state index < -0.39 is 0 Å². The monoisotopic (exact) mass is 274 g/mol. The van der Waals surface area contributed by atoms with Crippen molar-refractivity contribution in [1.82, 2.24) is 10.3 Å². The third-order valence-corrected chi connectivity index (χ3v) is 2.99. The van der Waals surface area contributed by atoms with Crippen molar-refractivity contribution >= 4 is 22.3 Å². The Morgan fingerprint density at radius 3 is 2.85 bits per heavy atom. The molecule has 2 aromatic rings. The Hall–Kier alpha value is -2.21. The van der Waals surface area contributed by atoms with Gasteiger partial charge in [-0.25, -0.2) is 0 Å². The van der Waals surface area contributed by atoms with Gasteiger partial charge in [-0.3, -0.25) is 15.1 Å². The average molecular weight is 274 g/mol. The fourth-order valence-corrected chi connectivity index (χ4v) is 2.05. The van der Waals surface area contributed by atoms with E-state index >= 15 is 0 Å². The molecule has 6 nitrogen and oxygen atoms in total. The number of rotatable bonds is 7. The maximum Gasteiger partial charge on any atom is 0.278 e. The summed E-state index contributed by atoms with van der Waals surface area (Å²) in [5.41, 5.74) is 1.55. The number of hydrogen-bond acceptors (Lipinski definition) is 5. The van der Waals surface area contributed by atoms with Gasteiger partial charge in [0.15, 0.2) is 0 Å². The minimum atomic E-state index is -0.378. The highest BCUT2D eigenvalue weighted by atomic mass is 16.6. The molecule has 0 saturated heterocycles. The second kappa shape index (κ2) is 6.81. The van der Waals surface area contributed by atoms with E-state index in [1.165, 1.54) is 6.07 Å². The zero-order valence-electron chi connectivity index (χ0n) is 11.4. The predicted octanol–water partition coefficient (Wildman–Crippen LogP) is 2.55. The molecular weight excluding hydrogens is 256 g/mol. The van der Waals surface area contributed by atoms with E-state index in [0.717, 1.165) is 31.7 Å². The van der Waals surface area contributed by atoms with Crippen LogP contribution in [0.3, 0.4) is 0 Å². The van der Waals surface area contributed by atoms with Crippen molar-refractivity contribution < 1.29 is 4.92 Å². The van der Waals surface area contributed by atoms with Gasteiger partial charge in [0.2, 0.25) is 0 Å². The molecule has 2 rings (SSSR count). The average Bonchev–Trinajstić information content (AvgIpc) is 2.46. The Bertz CT molecular complexity index is 601. The summed E-state index contributed by atoms with van der Waals surface area (Å²) in [4.78, 5) is 14.9. The van der Waals surface area contributed by atoms with Gasteiger partial charge in [-0.2, -0.15) is 0 Å². The molecule has 0 aliphatic carbocycles. The Balaban J connectivity index is 2.18. The molecule has 0 atom stereocenters. The van der Waals surface area contributed by atoms with E-state index in [2.05, 4.69) is 22.5 Å². The van der Waals surface area contributed by atoms with E-state index in [-0.39, 0.29) is 10.6 Å². The maximum atomic E-state index is 11.0. The molecular formula is C14H18N4O2. The molecule has 0 saturated carbocycles. The fourth-order valence-electron chi connectivity index (χ4n) is 2.05. The summed E-state index contributed by atoms with van der Waals surface area (Å²) in [6, 6.07) is 6.67. The van der Waals surface area contributed by atoms with Gasteiger partial charge < -0.3 is 10.6 Å². The van der Waals surface area contributed by atoms with Gasteiger partial charge in [0.25, 0.3) is 5.69 Å². The summed E-state index contributed by atoms with van der Waals surface area (Å²) in [6.07, 6.45) is 2.74. The van der Waals surface area contributed by atoms with Gasteiger partial charge in [-0.05, 0) is 31.2 Å². The highest BCUT2D eigenvalue weighted by molar-refractivity contribution is 5.96. The minimum absolute atomic E-state index is 0.0859. The molecule has 1 heterocycles. The van der Waals surface area contributed by atoms with Crippen molar-refractivity contribution in [2.45, 2.75) is 13.3 Å². The van der Waals surface area contributed by atoms with Crippen LogP contribution in [0.5, 0.6) is 0 Å². The third kappa shape index (κ3) is 3.21. The number of pyridine rings is 1. The number of nitrogens with one attached hydrogen (secondary N) is 2. The summed E-state index contributed by atoms with van der Waals surface area (Å²) in [6.45, 7) is 4.71. The molecule has 1 aromatic heterocycles. The zero-order chi connectivity index (χ0) is 14.4. The fraction of sp³-hybridized carbons (Fsp3) is 0.357. The van der Waals surface area contributed by atoms with Gasteiger partial charge in [-0.15, -0.1) is 0 Å². The lowest BCUT2D eigenvalue weighted by atomic mass is 10.1. The number of nitro groups is 1. The first-order valence-electron chi connectivity index (χ1n) is 6.70. The molecule has 0 amide bonds. The largest absolute Gasteiger partial charge is 0.382 e. The van der Waals surface area contributed by atoms with Crippen LogP contribution < -0.4 is 10.6 Å². The lowest BCUT2D eigenvalue weighted by molar-refractivity contribution is -0.383. The van der Waals surface area contributed by atoms with Crippen LogP contribution in [0.15, 0.2) is 30.5 Å². The van der Waals surface area contributed by atoms with E-state index in [1.54, 1.807) is 24.4 Å². The number of non-ortho nitro benzene ring substituents is 1. The molecule has 0 bridgehead atoms. The summed E-state index contributed by atoms with van der Waals surface area (Å²) < 4.78 is 0. The van der Waals surface area contributed by atoms with Crippen molar-refractivity contribution in [2.24, 2.45) is 0 Å². The maximum absolute atomic E-state index is 11.0. The van der Waals surface area contributed by atoms with Crippen LogP contribution in [0, 0.1) is 10.1 Å². The molecule has 0 unspecified atom stereocenters. The molecule has 0 spiro atoms. The molecule has 106 valence electrons. The smallest absolute Gasteiger partial charge is 0.278 e. The van der Waals surface area contributed by atoms with Crippen LogP contribution in [-0.4, -0.2) is 29.5 Å². The lowest BCUT2D eigenvalue weighted by Crippen LogP contribution is -2.22. The Labute approximate surface area is 117 Å². The van der Waals surface area contributed by atoms with Gasteiger partial charge in [0, 0.05) is 25.4 Å². The van der Waals surface area contributed by atoms with Crippen LogP contribution in [-0.2, 0) is 0 Å². The van der Waals surface area contributed by atoms with Crippen LogP contribution >= 0.6 is 0 Å². The summed E-state index contributed by atoms with van der Waals surface area (Å²) in [7, 11) is 0. The third-order valence-electron chi connectivity index (χ3n) is 2.99. The molecule has 0 fully saturated rings. The normalized spacial score (nSPS) is 10.7. The number of anilines is 1. The Kier molecular flexibility index (Phi) is 4.84. The van der Waals surface area contributed by atoms with Crippen LogP contribution in [0.2, 0.25) is 0 Å². The second-order valence-corrected chi connectivity index (χ2v) is 4.47. The first kappa shape index (κ1) is 14.2. The van der Waals surface area contributed by atoms with Crippen molar-refractivity contribution in [2.75, 3.05) is 25.0 Å². The van der Waals surface area contributed by atoms with E-state index in [0.29, 0.717) is 10.9 Å². The summed E-state index contributed by atoms with van der Waals surface area (Å²) in [5.74, 6) is 0. The highest BCUT2D eigenvalue weighted by Gasteiger charge is 2.14. The van der Waals surface area contributed by atoms with Crippen molar-refractivity contribution in [3.05, 3.63) is 40.6 Å². The quantitative estimate of drug-likeness (QED) is 0.461. The summed E-state index contributed by atoms with van der Waals surface area (Å²) in [5, 5.41) is 18.1. The molecule has 0 aliphatic rings. The summed E-state index contributed by atoms with van der Waals surface area (Å²) >= 11 is 0. The number of fused-ring (bicyclic) bond motifs is 1. The van der Waals surface area contributed by atoms with Gasteiger partial charge >= 0.3 is 0 Å². The van der Waals surface area contributed by atoms with Gasteiger partial charge in [0.1, 0.15) is 5.52 Å². The number of benzene rings is 1. The Morgan fingerprint density at radius 2 is 2.10 bits per heavy atom. The first-order valence-corrected chi connectivity index (χ1v) is 6.70. The molecule has 6 heteroatoms. The highest BCUT2D eigenvalue weighted by Crippen LogP contribution is 2.29. The number of nitrogens with zero attached hydrogens (tertiary/aromatic N) is 2. The lowest BCUT2D eigenvalue weighted by Gasteiger charge is -2.09. The minimum Gasteiger partial charge on any atom is -0.382 e. The molecule has 1 aromatic carbocycles. The predicted molar refractivity (Wildman–Crippen MR) is 80.0 cm³/mol. The zero-order valence-corrected chi connectivity index (χ0v) is 11.4. The SMILES string of the molecule is CCCNCCNc1ccc([N+](=O)[O-])c2cccnc12. The Morgan fingerprint density at radius 1 is 1.25 bits per heavy atom. The van der Waals surface area contributed by atoms with E-state index in [4.69, 9.17) is 0 Å². The molecule has 20 heavy (non-hydrogen) atoms. The van der Waals surface area contributed by atoms with Gasteiger partial charge in [0.05, 0.1) is 16.0 Å². The number of nitro benzene ring substituents is 1. The van der Waals surface area contributed by atoms with Gasteiger partial charge in [-0.1, -0.05) is 6.92 Å². The standard InChI is InChI=1S/C14H18N4O2/c1-2-7-15-9-10-16-12-5-6-13(18(19)20)11-4-3-8-17-14(11)12/h3-6,8,15-16H,2,7,9-10H2,1H3. The van der Waals surface area contributed by atoms with E-state index in [1.807, 2.05) is 0 Å². The molecule has 0 radical (unpaired) electrons. The second-order valence-electron chi connectivity index (χ2n) is 4.47. The number of hydrogen-bond donors (Lipinski definition) is 2. The molecule has 2 N–H and O–H groups in total. The topological polar surface area (TPSA) is 80.1 Å².